The number of ether oxygens (including phenoxy) is 1. The van der Waals surface area contributed by atoms with Crippen LogP contribution in [0.3, 0.4) is 0 Å². The maximum absolute atomic E-state index is 5.97. The Morgan fingerprint density at radius 1 is 0.667 bits per heavy atom. The van der Waals surface area contributed by atoms with E-state index in [0.29, 0.717) is 0 Å². The van der Waals surface area contributed by atoms with Gasteiger partial charge in [-0.1, -0.05) is 24.3 Å². The molecule has 0 N–H and O–H groups in total. The number of hydrogen-bond acceptors (Lipinski definition) is 1. The highest BCUT2D eigenvalue weighted by Crippen LogP contribution is 2.57. The Morgan fingerprint density at radius 3 is 1.13 bits per heavy atom. The Bertz CT molecular complexity index is 227. The van der Waals surface area contributed by atoms with Crippen LogP contribution in [0.1, 0.15) is 25.7 Å². The molecule has 82 valence electrons. The van der Waals surface area contributed by atoms with E-state index in [1.807, 2.05) is 24.3 Å². The molecule has 0 radical (unpaired) electrons. The number of epoxide rings is 1. The molecule has 0 unspecified atom stereocenters. The van der Waals surface area contributed by atoms with Crippen LogP contribution in [-0.4, -0.2) is 11.2 Å². The van der Waals surface area contributed by atoms with E-state index in [1.165, 1.54) is 0 Å². The smallest absolute Gasteiger partial charge is 0.105 e. The molecule has 0 aliphatic carbocycles. The number of rotatable bonds is 8. The highest BCUT2D eigenvalue weighted by atomic mass is 16.6. The fourth-order valence-electron chi connectivity index (χ4n) is 2.36. The Labute approximate surface area is 92.8 Å². The summed E-state index contributed by atoms with van der Waals surface area (Å²) >= 11 is 0. The van der Waals surface area contributed by atoms with E-state index in [0.717, 1.165) is 25.7 Å². The van der Waals surface area contributed by atoms with Crippen molar-refractivity contribution < 1.29 is 4.74 Å². The van der Waals surface area contributed by atoms with E-state index in [9.17, 15) is 0 Å². The average Bonchev–Trinajstić information content (AvgIpc) is 2.75. The summed E-state index contributed by atoms with van der Waals surface area (Å²) in [7, 11) is 0. The van der Waals surface area contributed by atoms with Gasteiger partial charge < -0.3 is 4.74 Å². The molecular formula is C14H20O. The third kappa shape index (κ3) is 1.98. The van der Waals surface area contributed by atoms with Crippen LogP contribution < -0.4 is 0 Å². The minimum absolute atomic E-state index is 0.112. The molecule has 1 nitrogen and oxygen atoms in total. The zero-order chi connectivity index (χ0) is 11.4. The summed E-state index contributed by atoms with van der Waals surface area (Å²) in [5, 5.41) is 0. The summed E-state index contributed by atoms with van der Waals surface area (Å²) in [6.45, 7) is 15.2. The van der Waals surface area contributed by atoms with Gasteiger partial charge in [-0.3, -0.25) is 0 Å². The molecule has 0 atom stereocenters. The summed E-state index contributed by atoms with van der Waals surface area (Å²) in [6, 6.07) is 0. The zero-order valence-corrected chi connectivity index (χ0v) is 9.37. The van der Waals surface area contributed by atoms with Crippen LogP contribution in [0.2, 0.25) is 0 Å². The highest BCUT2D eigenvalue weighted by Gasteiger charge is 2.66. The van der Waals surface area contributed by atoms with Gasteiger partial charge in [-0.2, -0.15) is 0 Å². The third-order valence-electron chi connectivity index (χ3n) is 3.08. The van der Waals surface area contributed by atoms with Crippen LogP contribution in [0.15, 0.2) is 50.6 Å². The van der Waals surface area contributed by atoms with Gasteiger partial charge in [0.2, 0.25) is 0 Å². The predicted octanol–water partition coefficient (Wildman–Crippen LogP) is 3.80. The van der Waals surface area contributed by atoms with Gasteiger partial charge in [-0.25, -0.2) is 0 Å². The van der Waals surface area contributed by atoms with E-state index >= 15 is 0 Å². The minimum atomic E-state index is -0.112. The first-order valence-corrected chi connectivity index (χ1v) is 5.34. The highest BCUT2D eigenvalue weighted by molar-refractivity contribution is 5.22. The molecule has 1 heteroatoms. The molecule has 1 fully saturated rings. The van der Waals surface area contributed by atoms with Crippen molar-refractivity contribution in [3.05, 3.63) is 50.6 Å². The molecular weight excluding hydrogens is 184 g/mol. The van der Waals surface area contributed by atoms with Crippen LogP contribution in [0, 0.1) is 0 Å². The minimum Gasteiger partial charge on any atom is -0.361 e. The van der Waals surface area contributed by atoms with Crippen molar-refractivity contribution in [2.75, 3.05) is 0 Å². The maximum Gasteiger partial charge on any atom is 0.105 e. The first-order chi connectivity index (χ1) is 7.20. The Kier molecular flexibility index (Phi) is 3.70. The molecule has 1 aliphatic rings. The van der Waals surface area contributed by atoms with Crippen molar-refractivity contribution in [1.29, 1.82) is 0 Å². The second kappa shape index (κ2) is 4.63. The van der Waals surface area contributed by atoms with Gasteiger partial charge in [0.05, 0.1) is 0 Å². The van der Waals surface area contributed by atoms with E-state index < -0.39 is 0 Å². The van der Waals surface area contributed by atoms with Crippen molar-refractivity contribution in [2.45, 2.75) is 36.9 Å². The van der Waals surface area contributed by atoms with E-state index in [2.05, 4.69) is 26.3 Å². The lowest BCUT2D eigenvalue weighted by atomic mass is 9.82. The second-order valence-corrected chi connectivity index (χ2v) is 4.06. The van der Waals surface area contributed by atoms with E-state index in [-0.39, 0.29) is 11.2 Å². The normalized spacial score (nSPS) is 20.3. The van der Waals surface area contributed by atoms with Gasteiger partial charge >= 0.3 is 0 Å². The summed E-state index contributed by atoms with van der Waals surface area (Å²) < 4.78 is 5.97. The van der Waals surface area contributed by atoms with Crippen LogP contribution in [0.5, 0.6) is 0 Å². The van der Waals surface area contributed by atoms with Gasteiger partial charge in [0.1, 0.15) is 11.2 Å². The fourth-order valence-corrected chi connectivity index (χ4v) is 2.36. The van der Waals surface area contributed by atoms with Crippen molar-refractivity contribution in [2.24, 2.45) is 0 Å². The Hall–Kier alpha value is -1.08. The molecule has 0 saturated carbocycles. The Balaban J connectivity index is 2.83. The van der Waals surface area contributed by atoms with Gasteiger partial charge in [0, 0.05) is 0 Å². The Morgan fingerprint density at radius 2 is 0.933 bits per heavy atom. The van der Waals surface area contributed by atoms with Gasteiger partial charge in [0.15, 0.2) is 0 Å². The first-order valence-electron chi connectivity index (χ1n) is 5.34. The molecule has 0 spiro atoms. The summed E-state index contributed by atoms with van der Waals surface area (Å²) in [5.74, 6) is 0. The van der Waals surface area contributed by atoms with Gasteiger partial charge in [-0.05, 0) is 25.7 Å². The molecule has 1 heterocycles. The maximum atomic E-state index is 5.97. The molecule has 0 amide bonds. The summed E-state index contributed by atoms with van der Waals surface area (Å²) in [4.78, 5) is 0. The largest absolute Gasteiger partial charge is 0.361 e. The second-order valence-electron chi connectivity index (χ2n) is 4.06. The first kappa shape index (κ1) is 12.0. The molecule has 1 aliphatic heterocycles. The van der Waals surface area contributed by atoms with E-state index in [1.54, 1.807) is 0 Å². The quantitative estimate of drug-likeness (QED) is 0.433. The monoisotopic (exact) mass is 204 g/mol. The van der Waals surface area contributed by atoms with Crippen molar-refractivity contribution >= 4 is 0 Å². The molecule has 0 aromatic rings. The summed E-state index contributed by atoms with van der Waals surface area (Å²) in [6.07, 6.45) is 11.1. The van der Waals surface area contributed by atoms with Gasteiger partial charge in [0.25, 0.3) is 0 Å². The lowest BCUT2D eigenvalue weighted by Crippen LogP contribution is -2.24. The molecule has 15 heavy (non-hydrogen) atoms. The summed E-state index contributed by atoms with van der Waals surface area (Å²) in [5.41, 5.74) is -0.224. The topological polar surface area (TPSA) is 12.5 Å². The molecule has 0 aromatic carbocycles. The molecule has 1 saturated heterocycles. The van der Waals surface area contributed by atoms with Crippen LogP contribution in [-0.2, 0) is 4.74 Å². The van der Waals surface area contributed by atoms with Crippen molar-refractivity contribution in [1.82, 2.24) is 0 Å². The predicted molar refractivity (Wildman–Crippen MR) is 65.8 cm³/mol. The average molecular weight is 204 g/mol. The molecule has 0 bridgehead atoms. The lowest BCUT2D eigenvalue weighted by molar-refractivity contribution is 0.262. The van der Waals surface area contributed by atoms with Gasteiger partial charge in [-0.15, -0.1) is 26.3 Å². The standard InChI is InChI=1S/C14H20O/c1-5-9-13(10-6-2)14(15-13,11-7-3)12-8-4/h5-8H,1-4,9-12H2. The SMILES string of the molecule is C=CCC1(CC=C)OC1(CC=C)CC=C. The lowest BCUT2D eigenvalue weighted by Gasteiger charge is -2.15. The van der Waals surface area contributed by atoms with E-state index in [4.69, 9.17) is 4.74 Å². The van der Waals surface area contributed by atoms with Crippen LogP contribution in [0.4, 0.5) is 0 Å². The molecule has 0 aromatic heterocycles. The van der Waals surface area contributed by atoms with Crippen molar-refractivity contribution in [3.63, 3.8) is 0 Å². The van der Waals surface area contributed by atoms with Crippen LogP contribution >= 0.6 is 0 Å². The van der Waals surface area contributed by atoms with Crippen molar-refractivity contribution in [3.8, 4) is 0 Å². The fraction of sp³-hybridized carbons (Fsp3) is 0.429. The van der Waals surface area contributed by atoms with Crippen LogP contribution in [0.25, 0.3) is 0 Å². The molecule has 1 rings (SSSR count). The third-order valence-corrected chi connectivity index (χ3v) is 3.08. The number of hydrogen-bond donors (Lipinski definition) is 0. The zero-order valence-electron chi connectivity index (χ0n) is 9.37.